The number of nitrogens with zero attached hydrogens (tertiary/aromatic N) is 2. The van der Waals surface area contributed by atoms with Crippen molar-refractivity contribution in [2.45, 2.75) is 32.7 Å². The molecule has 0 bridgehead atoms. The first kappa shape index (κ1) is 22.8. The van der Waals surface area contributed by atoms with Gasteiger partial charge in [-0.2, -0.15) is 11.3 Å². The van der Waals surface area contributed by atoms with Gasteiger partial charge < -0.3 is 10.2 Å². The Kier molecular flexibility index (Phi) is 8.31. The molecule has 1 fully saturated rings. The number of hydrogen-bond donors (Lipinski definition) is 1. The van der Waals surface area contributed by atoms with Crippen molar-refractivity contribution in [1.29, 1.82) is 0 Å². The van der Waals surface area contributed by atoms with Crippen LogP contribution in [0.25, 0.3) is 0 Å². The lowest BCUT2D eigenvalue weighted by molar-refractivity contribution is -0.126. The number of rotatable bonds is 8. The average molecular weight is 448 g/mol. The van der Waals surface area contributed by atoms with E-state index in [4.69, 9.17) is 11.6 Å². The second-order valence-corrected chi connectivity index (χ2v) is 8.83. The lowest BCUT2D eigenvalue weighted by Crippen LogP contribution is -2.45. The monoisotopic (exact) mass is 447 g/mol. The summed E-state index contributed by atoms with van der Waals surface area (Å²) in [7, 11) is 0. The van der Waals surface area contributed by atoms with Crippen molar-refractivity contribution in [1.82, 2.24) is 15.1 Å². The van der Waals surface area contributed by atoms with E-state index in [2.05, 4.69) is 40.9 Å². The third kappa shape index (κ3) is 5.62. The minimum atomic E-state index is -0.0425. The second kappa shape index (κ2) is 10.9. The Balaban J connectivity index is 1.52. The van der Waals surface area contributed by atoms with E-state index in [0.717, 1.165) is 13.1 Å². The zero-order chi connectivity index (χ0) is 21.5. The minimum Gasteiger partial charge on any atom is -0.354 e. The van der Waals surface area contributed by atoms with Gasteiger partial charge in [0.15, 0.2) is 0 Å². The molecule has 7 heteroatoms. The van der Waals surface area contributed by atoms with Crippen LogP contribution in [0.5, 0.6) is 0 Å². The molecule has 162 valence electrons. The van der Waals surface area contributed by atoms with Crippen LogP contribution in [0.2, 0.25) is 5.02 Å². The Bertz CT molecular complexity index is 813. The number of benzene rings is 1. The maximum atomic E-state index is 12.8. The summed E-state index contributed by atoms with van der Waals surface area (Å²) in [5.74, 6) is 0.0599. The summed E-state index contributed by atoms with van der Waals surface area (Å²) < 4.78 is 0. The van der Waals surface area contributed by atoms with Gasteiger partial charge in [0.2, 0.25) is 5.91 Å². The number of halogens is 1. The Morgan fingerprint density at radius 2 is 1.83 bits per heavy atom. The van der Waals surface area contributed by atoms with E-state index < -0.39 is 0 Å². The highest BCUT2D eigenvalue weighted by molar-refractivity contribution is 7.08. The van der Waals surface area contributed by atoms with Crippen LogP contribution in [0.15, 0.2) is 41.1 Å². The van der Waals surface area contributed by atoms with Gasteiger partial charge in [-0.3, -0.25) is 14.5 Å². The molecule has 0 spiro atoms. The molecule has 1 atom stereocenters. The van der Waals surface area contributed by atoms with Gasteiger partial charge in [0, 0.05) is 36.1 Å². The summed E-state index contributed by atoms with van der Waals surface area (Å²) in [4.78, 5) is 29.7. The first-order valence-electron chi connectivity index (χ1n) is 10.6. The zero-order valence-corrected chi connectivity index (χ0v) is 19.2. The second-order valence-electron chi connectivity index (χ2n) is 7.61. The van der Waals surface area contributed by atoms with E-state index in [9.17, 15) is 9.59 Å². The van der Waals surface area contributed by atoms with Gasteiger partial charge in [0.25, 0.3) is 5.91 Å². The molecule has 2 aromatic rings. The van der Waals surface area contributed by atoms with Gasteiger partial charge in [-0.05, 0) is 72.6 Å². The summed E-state index contributed by atoms with van der Waals surface area (Å²) in [6.07, 6.45) is 1.39. The highest BCUT2D eigenvalue weighted by Gasteiger charge is 2.28. The quantitative estimate of drug-likeness (QED) is 0.650. The Morgan fingerprint density at radius 3 is 2.40 bits per heavy atom. The van der Waals surface area contributed by atoms with E-state index in [-0.39, 0.29) is 23.8 Å². The Labute approximate surface area is 188 Å². The maximum absolute atomic E-state index is 12.8. The van der Waals surface area contributed by atoms with Crippen molar-refractivity contribution >= 4 is 34.8 Å². The number of thiophene rings is 1. The number of likely N-dealkylation sites (N-methyl/N-ethyl adjacent to an activating group) is 1. The summed E-state index contributed by atoms with van der Waals surface area (Å²) in [6, 6.07) is 9.30. The van der Waals surface area contributed by atoms with E-state index in [0.29, 0.717) is 43.1 Å². The van der Waals surface area contributed by atoms with E-state index in [1.54, 1.807) is 35.6 Å². The van der Waals surface area contributed by atoms with Crippen molar-refractivity contribution < 1.29 is 9.59 Å². The highest BCUT2D eigenvalue weighted by atomic mass is 35.5. The smallest absolute Gasteiger partial charge is 0.253 e. The predicted molar refractivity (Wildman–Crippen MR) is 123 cm³/mol. The fourth-order valence-electron chi connectivity index (χ4n) is 4.05. The molecular weight excluding hydrogens is 418 g/mol. The van der Waals surface area contributed by atoms with Crippen LogP contribution in [0.3, 0.4) is 0 Å². The molecule has 0 aliphatic carbocycles. The number of hydrogen-bond acceptors (Lipinski definition) is 4. The standard InChI is InChI=1S/C23H30ClN3O2S/c1-3-26(4-2)21(19-11-14-30-16-19)15-25-22(28)17-9-12-27(13-10-17)23(29)18-5-7-20(24)8-6-18/h5-8,11,14,16-17,21H,3-4,9-10,12-13,15H2,1-2H3,(H,25,28)/t21-/m0/s1. The fourth-order valence-corrected chi connectivity index (χ4v) is 4.88. The molecule has 1 aliphatic rings. The first-order chi connectivity index (χ1) is 14.5. The van der Waals surface area contributed by atoms with Crippen LogP contribution >= 0.6 is 22.9 Å². The van der Waals surface area contributed by atoms with Crippen molar-refractivity contribution in [3.05, 3.63) is 57.2 Å². The first-order valence-corrected chi connectivity index (χ1v) is 11.9. The molecule has 1 N–H and O–H groups in total. The van der Waals surface area contributed by atoms with Crippen molar-refractivity contribution in [3.63, 3.8) is 0 Å². The average Bonchev–Trinajstić information content (AvgIpc) is 3.31. The normalized spacial score (nSPS) is 15.9. The minimum absolute atomic E-state index is 0.00424. The Hall–Kier alpha value is -1.89. The van der Waals surface area contributed by atoms with Gasteiger partial charge in [-0.1, -0.05) is 25.4 Å². The van der Waals surface area contributed by atoms with Crippen LogP contribution in [0, 0.1) is 5.92 Å². The zero-order valence-electron chi connectivity index (χ0n) is 17.6. The van der Waals surface area contributed by atoms with Crippen LogP contribution in [0.1, 0.15) is 48.7 Å². The highest BCUT2D eigenvalue weighted by Crippen LogP contribution is 2.24. The third-order valence-electron chi connectivity index (χ3n) is 5.89. The molecular formula is C23H30ClN3O2S. The largest absolute Gasteiger partial charge is 0.354 e. The lowest BCUT2D eigenvalue weighted by atomic mass is 9.95. The fraction of sp³-hybridized carbons (Fsp3) is 0.478. The summed E-state index contributed by atoms with van der Waals surface area (Å²) in [5, 5.41) is 8.04. The predicted octanol–water partition coefficient (Wildman–Crippen LogP) is 4.45. The topological polar surface area (TPSA) is 52.7 Å². The molecule has 5 nitrogen and oxygen atoms in total. The maximum Gasteiger partial charge on any atom is 0.253 e. The number of likely N-dealkylation sites (tertiary alicyclic amines) is 1. The molecule has 30 heavy (non-hydrogen) atoms. The number of carbonyl (C=O) groups excluding carboxylic acids is 2. The molecule has 1 aromatic heterocycles. The molecule has 1 aliphatic heterocycles. The molecule has 1 aromatic carbocycles. The molecule has 0 saturated carbocycles. The van der Waals surface area contributed by atoms with E-state index in [1.807, 2.05) is 4.90 Å². The van der Waals surface area contributed by atoms with Crippen LogP contribution in [-0.4, -0.2) is 54.3 Å². The summed E-state index contributed by atoms with van der Waals surface area (Å²) >= 11 is 7.59. The van der Waals surface area contributed by atoms with Gasteiger partial charge in [-0.15, -0.1) is 0 Å². The number of nitrogens with one attached hydrogen (secondary N) is 1. The van der Waals surface area contributed by atoms with Crippen molar-refractivity contribution in [3.8, 4) is 0 Å². The molecule has 0 radical (unpaired) electrons. The molecule has 3 rings (SSSR count). The molecule has 2 amide bonds. The van der Waals surface area contributed by atoms with Gasteiger partial charge >= 0.3 is 0 Å². The Morgan fingerprint density at radius 1 is 1.17 bits per heavy atom. The lowest BCUT2D eigenvalue weighted by Gasteiger charge is -2.33. The van der Waals surface area contributed by atoms with Crippen molar-refractivity contribution in [2.75, 3.05) is 32.7 Å². The van der Waals surface area contributed by atoms with Crippen LogP contribution < -0.4 is 5.32 Å². The number of amides is 2. The SMILES string of the molecule is CCN(CC)[C@@H](CNC(=O)C1CCN(C(=O)c2ccc(Cl)cc2)CC1)c1ccsc1. The molecule has 1 saturated heterocycles. The number of piperidine rings is 1. The number of carbonyl (C=O) groups is 2. The van der Waals surface area contributed by atoms with Crippen LogP contribution in [0.4, 0.5) is 0 Å². The van der Waals surface area contributed by atoms with E-state index in [1.165, 1.54) is 5.56 Å². The van der Waals surface area contributed by atoms with Gasteiger partial charge in [0.05, 0.1) is 6.04 Å². The van der Waals surface area contributed by atoms with Gasteiger partial charge in [0.1, 0.15) is 0 Å². The van der Waals surface area contributed by atoms with E-state index >= 15 is 0 Å². The summed E-state index contributed by atoms with van der Waals surface area (Å²) in [5.41, 5.74) is 1.90. The molecule has 0 unspecified atom stereocenters. The van der Waals surface area contributed by atoms with Gasteiger partial charge in [-0.25, -0.2) is 0 Å². The van der Waals surface area contributed by atoms with Crippen LogP contribution in [-0.2, 0) is 4.79 Å². The molecule has 2 heterocycles. The van der Waals surface area contributed by atoms with Crippen molar-refractivity contribution in [2.24, 2.45) is 5.92 Å². The third-order valence-corrected chi connectivity index (χ3v) is 6.85. The summed E-state index contributed by atoms with van der Waals surface area (Å²) in [6.45, 7) is 8.00.